The lowest BCUT2D eigenvalue weighted by atomic mass is 10.1. The lowest BCUT2D eigenvalue weighted by Gasteiger charge is -2.33. The molecule has 1 heterocycles. The van der Waals surface area contributed by atoms with Crippen LogP contribution in [0.3, 0.4) is 0 Å². The van der Waals surface area contributed by atoms with Crippen LogP contribution in [0.15, 0.2) is 66.8 Å². The monoisotopic (exact) mass is 403 g/mol. The molecule has 0 bridgehead atoms. The Morgan fingerprint density at radius 3 is 2.52 bits per heavy atom. The smallest absolute Gasteiger partial charge is 0.122 e. The van der Waals surface area contributed by atoms with Gasteiger partial charge in [-0.15, -0.1) is 0 Å². The van der Waals surface area contributed by atoms with Crippen molar-refractivity contribution in [1.82, 2.24) is 4.90 Å². The van der Waals surface area contributed by atoms with E-state index in [1.807, 2.05) is 6.08 Å². The second-order valence-electron chi connectivity index (χ2n) is 9.12. The summed E-state index contributed by atoms with van der Waals surface area (Å²) < 4.78 is 5.98. The fourth-order valence-electron chi connectivity index (χ4n) is 5.45. The Balaban J connectivity index is 1.70. The van der Waals surface area contributed by atoms with Gasteiger partial charge in [0.15, 0.2) is 0 Å². The molecule has 0 aromatic heterocycles. The number of fused-ring (bicyclic) bond motifs is 1. The minimum absolute atomic E-state index is 0.557. The number of hydrogen-bond donors (Lipinski definition) is 0. The number of likely N-dealkylation sites (tertiary alicyclic amines) is 1. The van der Waals surface area contributed by atoms with Crippen molar-refractivity contribution in [2.24, 2.45) is 0 Å². The van der Waals surface area contributed by atoms with Gasteiger partial charge in [-0.2, -0.15) is 0 Å². The molecule has 1 unspecified atom stereocenters. The Labute approximate surface area is 176 Å². The molecule has 0 saturated carbocycles. The van der Waals surface area contributed by atoms with Crippen LogP contribution in [-0.4, -0.2) is 32.7 Å². The van der Waals surface area contributed by atoms with E-state index in [2.05, 4.69) is 80.0 Å². The molecule has 1 aliphatic heterocycles. The van der Waals surface area contributed by atoms with Gasteiger partial charge < -0.3 is 9.64 Å². The summed E-state index contributed by atoms with van der Waals surface area (Å²) >= 11 is 0. The van der Waals surface area contributed by atoms with Crippen LogP contribution in [0.4, 0.5) is 0 Å². The molecule has 1 fully saturated rings. The van der Waals surface area contributed by atoms with Crippen molar-refractivity contribution < 1.29 is 4.74 Å². The Hall–Kier alpha value is -2.26. The molecule has 2 nitrogen and oxygen atoms in total. The largest absolute Gasteiger partial charge is 0.489 e. The van der Waals surface area contributed by atoms with Crippen LogP contribution in [0.5, 0.6) is 5.75 Å². The van der Waals surface area contributed by atoms with Crippen LogP contribution in [0, 0.1) is 0 Å². The summed E-state index contributed by atoms with van der Waals surface area (Å²) in [6, 6.07) is 18.8. The average molecular weight is 404 g/mol. The number of ether oxygens (including phenoxy) is 1. The maximum Gasteiger partial charge on any atom is 0.122 e. The first-order valence-corrected chi connectivity index (χ1v) is 14.2. The van der Waals surface area contributed by atoms with E-state index in [0.717, 1.165) is 11.8 Å². The fraction of sp³-hybridized carbons (Fsp3) is 0.385. The van der Waals surface area contributed by atoms with Crippen molar-refractivity contribution in [3.8, 4) is 5.75 Å². The van der Waals surface area contributed by atoms with Gasteiger partial charge in [0.25, 0.3) is 0 Å². The van der Waals surface area contributed by atoms with Gasteiger partial charge in [-0.25, -0.2) is 0 Å². The zero-order chi connectivity index (χ0) is 20.4. The molecule has 1 atom stereocenters. The molecule has 4 rings (SSSR count). The van der Waals surface area contributed by atoms with E-state index in [1.165, 1.54) is 42.8 Å². The highest BCUT2D eigenvalue weighted by atomic mass is 28.3. The Bertz CT molecular complexity index is 924. The zero-order valence-corrected chi connectivity index (χ0v) is 19.1. The first-order valence-electron chi connectivity index (χ1n) is 10.9. The Morgan fingerprint density at radius 2 is 1.76 bits per heavy atom. The van der Waals surface area contributed by atoms with Gasteiger partial charge in [0.05, 0.1) is 8.07 Å². The summed E-state index contributed by atoms with van der Waals surface area (Å²) in [6.45, 7) is 14.3. The number of rotatable bonds is 7. The van der Waals surface area contributed by atoms with E-state index in [0.29, 0.717) is 12.1 Å². The first-order chi connectivity index (χ1) is 14.0. The summed E-state index contributed by atoms with van der Waals surface area (Å²) in [5.41, 5.74) is 8.04. The molecule has 29 heavy (non-hydrogen) atoms. The van der Waals surface area contributed by atoms with Crippen molar-refractivity contribution in [3.05, 3.63) is 83.4 Å². The molecule has 0 radical (unpaired) electrons. The highest BCUT2D eigenvalue weighted by molar-refractivity contribution is 6.79. The van der Waals surface area contributed by atoms with E-state index in [9.17, 15) is 0 Å². The Kier molecular flexibility index (Phi) is 5.69. The predicted molar refractivity (Wildman–Crippen MR) is 126 cm³/mol. The van der Waals surface area contributed by atoms with Crippen molar-refractivity contribution in [1.29, 1.82) is 0 Å². The highest BCUT2D eigenvalue weighted by Crippen LogP contribution is 2.49. The zero-order valence-electron chi connectivity index (χ0n) is 18.1. The van der Waals surface area contributed by atoms with Crippen molar-refractivity contribution in [3.63, 3.8) is 0 Å². The topological polar surface area (TPSA) is 12.5 Å². The fourth-order valence-corrected chi connectivity index (χ4v) is 9.33. The van der Waals surface area contributed by atoms with Gasteiger partial charge in [0, 0.05) is 29.9 Å². The van der Waals surface area contributed by atoms with Gasteiger partial charge in [-0.3, -0.25) is 0 Å². The molecule has 1 saturated heterocycles. The molecular formula is C26H33NOSi. The molecule has 2 aromatic carbocycles. The lowest BCUT2D eigenvalue weighted by molar-refractivity contribution is 0.360. The maximum absolute atomic E-state index is 5.98. The number of allylic oxidation sites excluding steroid dienone is 1. The standard InChI is InChI=1S/C26H33NOSi/c1-5-18-28-24-15-9-6-12-21(24)19-29(3,4)26-20(2)25(27-16-10-11-17-27)22-13-7-8-14-23(22)26/h5-9,12-15,26H,1,10-11,16-19H2,2-4H3. The van der Waals surface area contributed by atoms with Crippen LogP contribution < -0.4 is 4.74 Å². The van der Waals surface area contributed by atoms with Gasteiger partial charge >= 0.3 is 0 Å². The van der Waals surface area contributed by atoms with Gasteiger partial charge in [-0.1, -0.05) is 68.2 Å². The van der Waals surface area contributed by atoms with Crippen LogP contribution in [0.25, 0.3) is 5.70 Å². The van der Waals surface area contributed by atoms with E-state index >= 15 is 0 Å². The highest BCUT2D eigenvalue weighted by Gasteiger charge is 2.42. The molecule has 1 aliphatic carbocycles. The molecule has 0 N–H and O–H groups in total. The average Bonchev–Trinajstić information content (AvgIpc) is 3.32. The third-order valence-electron chi connectivity index (χ3n) is 6.51. The Morgan fingerprint density at radius 1 is 1.07 bits per heavy atom. The number of para-hydroxylation sites is 1. The van der Waals surface area contributed by atoms with Crippen LogP contribution in [0.1, 0.15) is 42.0 Å². The summed E-state index contributed by atoms with van der Waals surface area (Å²) in [7, 11) is -1.68. The molecule has 3 heteroatoms. The van der Waals surface area contributed by atoms with Crippen molar-refractivity contribution >= 4 is 13.8 Å². The van der Waals surface area contributed by atoms with E-state index in [-0.39, 0.29) is 0 Å². The van der Waals surface area contributed by atoms with Crippen LogP contribution >= 0.6 is 0 Å². The van der Waals surface area contributed by atoms with E-state index in [4.69, 9.17) is 4.74 Å². The molecule has 0 spiro atoms. The van der Waals surface area contributed by atoms with Gasteiger partial charge in [-0.05, 0) is 48.6 Å². The van der Waals surface area contributed by atoms with Gasteiger partial charge in [0.1, 0.15) is 12.4 Å². The van der Waals surface area contributed by atoms with E-state index in [1.54, 1.807) is 11.1 Å². The summed E-state index contributed by atoms with van der Waals surface area (Å²) in [6.07, 6.45) is 4.46. The number of hydrogen-bond acceptors (Lipinski definition) is 2. The molecule has 0 amide bonds. The quantitative estimate of drug-likeness (QED) is 0.403. The predicted octanol–water partition coefficient (Wildman–Crippen LogP) is 6.20. The maximum atomic E-state index is 5.98. The van der Waals surface area contributed by atoms with Crippen molar-refractivity contribution in [2.45, 2.75) is 44.4 Å². The van der Waals surface area contributed by atoms with Crippen LogP contribution in [-0.2, 0) is 6.04 Å². The second kappa shape index (κ2) is 8.23. The normalized spacial score (nSPS) is 18.9. The minimum atomic E-state index is -1.68. The first kappa shape index (κ1) is 20.0. The molecule has 2 aromatic rings. The van der Waals surface area contributed by atoms with Crippen LogP contribution in [0.2, 0.25) is 13.1 Å². The number of nitrogens with zero attached hydrogens (tertiary/aromatic N) is 1. The molecule has 152 valence electrons. The van der Waals surface area contributed by atoms with Gasteiger partial charge in [0.2, 0.25) is 0 Å². The molecule has 2 aliphatic rings. The summed E-state index contributed by atoms with van der Waals surface area (Å²) in [4.78, 5) is 2.64. The lowest BCUT2D eigenvalue weighted by Crippen LogP contribution is -2.38. The van der Waals surface area contributed by atoms with E-state index < -0.39 is 8.07 Å². The third-order valence-corrected chi connectivity index (χ3v) is 10.1. The summed E-state index contributed by atoms with van der Waals surface area (Å²) in [5.74, 6) is 1.01. The molecular weight excluding hydrogens is 370 g/mol. The second-order valence-corrected chi connectivity index (χ2v) is 14.0. The number of benzene rings is 2. The van der Waals surface area contributed by atoms with Crippen molar-refractivity contribution in [2.75, 3.05) is 19.7 Å². The SMILES string of the molecule is C=CCOc1ccccc1C[Si](C)(C)C1C(C)=C(N2CCCC2)c2ccccc21. The summed E-state index contributed by atoms with van der Waals surface area (Å²) in [5, 5.41) is 0. The minimum Gasteiger partial charge on any atom is -0.489 e. The third kappa shape index (κ3) is 3.80.